The lowest BCUT2D eigenvalue weighted by Gasteiger charge is -2.40. The summed E-state index contributed by atoms with van der Waals surface area (Å²) in [5, 5.41) is 3.83. The predicted molar refractivity (Wildman–Crippen MR) is 86.3 cm³/mol. The smallest absolute Gasteiger partial charge is 0.0294 e. The van der Waals surface area contributed by atoms with Gasteiger partial charge < -0.3 is 5.32 Å². The van der Waals surface area contributed by atoms with Crippen molar-refractivity contribution in [2.75, 3.05) is 0 Å². The van der Waals surface area contributed by atoms with Crippen LogP contribution >= 0.6 is 15.9 Å². The summed E-state index contributed by atoms with van der Waals surface area (Å²) < 4.78 is 1.16. The molecule has 1 fully saturated rings. The molecule has 2 unspecified atom stereocenters. The van der Waals surface area contributed by atoms with Gasteiger partial charge in [0.1, 0.15) is 0 Å². The second kappa shape index (κ2) is 5.97. The number of benzene rings is 1. The maximum absolute atomic E-state index is 3.83. The van der Waals surface area contributed by atoms with E-state index in [1.165, 1.54) is 24.8 Å². The van der Waals surface area contributed by atoms with Crippen LogP contribution in [0.15, 0.2) is 28.7 Å². The standard InChI is InChI=1S/C17H26BrN/c1-12-8-16(11-17(3,4)10-12)19-13(2)14-6-5-7-15(18)9-14/h5-7,9,12-13,16,19H,8,10-11H2,1-4H3/t12?,13-,16?/m1/s1. The summed E-state index contributed by atoms with van der Waals surface area (Å²) >= 11 is 3.56. The van der Waals surface area contributed by atoms with Crippen LogP contribution in [-0.4, -0.2) is 6.04 Å². The van der Waals surface area contributed by atoms with Gasteiger partial charge in [-0.15, -0.1) is 0 Å². The molecule has 0 radical (unpaired) electrons. The number of rotatable bonds is 3. The molecule has 0 aromatic heterocycles. The molecule has 2 heteroatoms. The van der Waals surface area contributed by atoms with E-state index in [0.29, 0.717) is 17.5 Å². The molecule has 0 spiro atoms. The van der Waals surface area contributed by atoms with E-state index >= 15 is 0 Å². The quantitative estimate of drug-likeness (QED) is 0.794. The number of nitrogens with one attached hydrogen (secondary N) is 1. The molecule has 1 aliphatic carbocycles. The Bertz CT molecular complexity index is 427. The van der Waals surface area contributed by atoms with Gasteiger partial charge >= 0.3 is 0 Å². The molecule has 0 amide bonds. The average molecular weight is 324 g/mol. The summed E-state index contributed by atoms with van der Waals surface area (Å²) in [5.74, 6) is 0.830. The fraction of sp³-hybridized carbons (Fsp3) is 0.647. The van der Waals surface area contributed by atoms with Crippen LogP contribution in [0.1, 0.15) is 58.6 Å². The molecule has 3 atom stereocenters. The van der Waals surface area contributed by atoms with Crippen LogP contribution in [-0.2, 0) is 0 Å². The highest BCUT2D eigenvalue weighted by molar-refractivity contribution is 9.10. The Morgan fingerprint density at radius 1 is 1.32 bits per heavy atom. The van der Waals surface area contributed by atoms with Gasteiger partial charge in [0.2, 0.25) is 0 Å². The fourth-order valence-corrected chi connectivity index (χ4v) is 4.12. The van der Waals surface area contributed by atoms with E-state index in [4.69, 9.17) is 0 Å². The van der Waals surface area contributed by atoms with Gasteiger partial charge in [0.05, 0.1) is 0 Å². The van der Waals surface area contributed by atoms with Crippen LogP contribution < -0.4 is 5.32 Å². The number of hydrogen-bond acceptors (Lipinski definition) is 1. The Balaban J connectivity index is 2.00. The van der Waals surface area contributed by atoms with E-state index in [1.807, 2.05) is 0 Å². The third-order valence-corrected chi connectivity index (χ3v) is 4.71. The molecule has 0 bridgehead atoms. The minimum atomic E-state index is 0.420. The average Bonchev–Trinajstić information content (AvgIpc) is 2.25. The first kappa shape index (κ1) is 15.1. The normalized spacial score (nSPS) is 28.1. The van der Waals surface area contributed by atoms with Crippen LogP contribution in [0, 0.1) is 11.3 Å². The summed E-state index contributed by atoms with van der Waals surface area (Å²) in [4.78, 5) is 0. The molecule has 2 rings (SSSR count). The molecule has 19 heavy (non-hydrogen) atoms. The largest absolute Gasteiger partial charge is 0.307 e. The highest BCUT2D eigenvalue weighted by atomic mass is 79.9. The van der Waals surface area contributed by atoms with Crippen molar-refractivity contribution in [1.29, 1.82) is 0 Å². The topological polar surface area (TPSA) is 12.0 Å². The third kappa shape index (κ3) is 4.32. The highest BCUT2D eigenvalue weighted by Gasteiger charge is 2.32. The molecule has 0 saturated heterocycles. The summed E-state index contributed by atoms with van der Waals surface area (Å²) in [7, 11) is 0. The predicted octanol–water partition coefficient (Wildman–Crippen LogP) is 5.31. The van der Waals surface area contributed by atoms with E-state index in [1.54, 1.807) is 0 Å². The van der Waals surface area contributed by atoms with Crippen molar-refractivity contribution in [2.45, 2.75) is 59.0 Å². The Hall–Kier alpha value is -0.340. The van der Waals surface area contributed by atoms with E-state index in [9.17, 15) is 0 Å². The van der Waals surface area contributed by atoms with Gasteiger partial charge in [-0.05, 0) is 55.2 Å². The van der Waals surface area contributed by atoms with Crippen LogP contribution in [0.4, 0.5) is 0 Å². The molecule has 0 heterocycles. The van der Waals surface area contributed by atoms with E-state index in [0.717, 1.165) is 10.4 Å². The van der Waals surface area contributed by atoms with Crippen LogP contribution in [0.25, 0.3) is 0 Å². The molecular formula is C17H26BrN. The van der Waals surface area contributed by atoms with E-state index in [2.05, 4.69) is 73.2 Å². The SMILES string of the molecule is CC1CC(N[C@H](C)c2cccc(Br)c2)CC(C)(C)C1. The lowest BCUT2D eigenvalue weighted by molar-refractivity contribution is 0.145. The maximum Gasteiger partial charge on any atom is 0.0294 e. The Labute approximate surface area is 126 Å². The van der Waals surface area contributed by atoms with E-state index < -0.39 is 0 Å². The van der Waals surface area contributed by atoms with Crippen molar-refractivity contribution in [3.63, 3.8) is 0 Å². The Morgan fingerprint density at radius 2 is 2.05 bits per heavy atom. The second-order valence-corrected chi connectivity index (χ2v) is 7.97. The van der Waals surface area contributed by atoms with Gasteiger partial charge in [-0.25, -0.2) is 0 Å². The van der Waals surface area contributed by atoms with Crippen molar-refractivity contribution in [3.05, 3.63) is 34.3 Å². The molecular weight excluding hydrogens is 298 g/mol. The van der Waals surface area contributed by atoms with Crippen LogP contribution in [0.2, 0.25) is 0 Å². The van der Waals surface area contributed by atoms with Crippen molar-refractivity contribution >= 4 is 15.9 Å². The van der Waals surface area contributed by atoms with Crippen molar-refractivity contribution < 1.29 is 0 Å². The molecule has 1 nitrogen and oxygen atoms in total. The Morgan fingerprint density at radius 3 is 2.68 bits per heavy atom. The molecule has 1 aromatic rings. The maximum atomic E-state index is 3.83. The molecule has 1 saturated carbocycles. The highest BCUT2D eigenvalue weighted by Crippen LogP contribution is 2.39. The zero-order valence-electron chi connectivity index (χ0n) is 12.5. The summed E-state index contributed by atoms with van der Waals surface area (Å²) in [6.07, 6.45) is 3.95. The van der Waals surface area contributed by atoms with Crippen molar-refractivity contribution in [3.8, 4) is 0 Å². The summed E-state index contributed by atoms with van der Waals surface area (Å²) in [5.41, 5.74) is 1.84. The zero-order valence-corrected chi connectivity index (χ0v) is 14.1. The molecule has 0 aliphatic heterocycles. The second-order valence-electron chi connectivity index (χ2n) is 7.05. The fourth-order valence-electron chi connectivity index (χ4n) is 3.70. The van der Waals surface area contributed by atoms with Gasteiger partial charge in [0, 0.05) is 16.6 Å². The monoisotopic (exact) mass is 323 g/mol. The molecule has 1 N–H and O–H groups in total. The van der Waals surface area contributed by atoms with Crippen LogP contribution in [0.5, 0.6) is 0 Å². The summed E-state index contributed by atoms with van der Waals surface area (Å²) in [6.45, 7) is 9.47. The van der Waals surface area contributed by atoms with E-state index in [-0.39, 0.29) is 0 Å². The molecule has 1 aromatic carbocycles. The van der Waals surface area contributed by atoms with Gasteiger partial charge in [-0.1, -0.05) is 48.8 Å². The van der Waals surface area contributed by atoms with Crippen molar-refractivity contribution in [2.24, 2.45) is 11.3 Å². The Kier molecular flexibility index (Phi) is 4.73. The van der Waals surface area contributed by atoms with Gasteiger partial charge in [-0.2, -0.15) is 0 Å². The molecule has 1 aliphatic rings. The first-order chi connectivity index (χ1) is 8.85. The minimum absolute atomic E-state index is 0.420. The summed E-state index contributed by atoms with van der Waals surface area (Å²) in [6, 6.07) is 9.69. The third-order valence-electron chi connectivity index (χ3n) is 4.22. The zero-order chi connectivity index (χ0) is 14.0. The number of halogens is 1. The van der Waals surface area contributed by atoms with Gasteiger partial charge in [0.25, 0.3) is 0 Å². The molecule has 106 valence electrons. The van der Waals surface area contributed by atoms with Crippen LogP contribution in [0.3, 0.4) is 0 Å². The van der Waals surface area contributed by atoms with Gasteiger partial charge in [0.15, 0.2) is 0 Å². The first-order valence-corrected chi connectivity index (χ1v) is 8.16. The lowest BCUT2D eigenvalue weighted by atomic mass is 9.70. The number of hydrogen-bond donors (Lipinski definition) is 1. The van der Waals surface area contributed by atoms with Gasteiger partial charge in [-0.3, -0.25) is 0 Å². The minimum Gasteiger partial charge on any atom is -0.307 e. The lowest BCUT2D eigenvalue weighted by Crippen LogP contribution is -2.41. The first-order valence-electron chi connectivity index (χ1n) is 7.37. The van der Waals surface area contributed by atoms with Crippen molar-refractivity contribution in [1.82, 2.24) is 5.32 Å².